The Balaban J connectivity index is 1.76. The third kappa shape index (κ3) is 3.06. The Bertz CT molecular complexity index is 868. The van der Waals surface area contributed by atoms with Crippen LogP contribution in [0, 0.1) is 0 Å². The van der Waals surface area contributed by atoms with Crippen LogP contribution in [0.2, 0.25) is 0 Å². The van der Waals surface area contributed by atoms with Gasteiger partial charge in [0.05, 0.1) is 11.9 Å². The second-order valence-corrected chi connectivity index (χ2v) is 7.64. The summed E-state index contributed by atoms with van der Waals surface area (Å²) < 4.78 is 24.0. The van der Waals surface area contributed by atoms with Crippen molar-refractivity contribution in [1.29, 1.82) is 0 Å². The zero-order valence-corrected chi connectivity index (χ0v) is 13.0. The lowest BCUT2D eigenvalue weighted by atomic mass is 10.2. The van der Waals surface area contributed by atoms with E-state index in [2.05, 4.69) is 27.8 Å². The summed E-state index contributed by atoms with van der Waals surface area (Å²) in [7, 11) is -3.24. The normalized spacial score (nSPS) is 11.7. The molecular weight excluding hydrogens is 304 g/mol. The van der Waals surface area contributed by atoms with Crippen LogP contribution in [0.15, 0.2) is 53.0 Å². The Morgan fingerprint density at radius 1 is 1.19 bits per heavy atom. The molecule has 0 spiro atoms. The molecule has 3 rings (SSSR count). The van der Waals surface area contributed by atoms with Crippen LogP contribution in [0.5, 0.6) is 0 Å². The summed E-state index contributed by atoms with van der Waals surface area (Å²) in [5.41, 5.74) is 2.03. The number of nitrogens with zero attached hydrogens (tertiary/aromatic N) is 1. The molecule has 2 heterocycles. The van der Waals surface area contributed by atoms with Gasteiger partial charge in [-0.05, 0) is 34.5 Å². The van der Waals surface area contributed by atoms with Crippen LogP contribution in [0.3, 0.4) is 0 Å². The molecule has 4 nitrogen and oxygen atoms in total. The smallest absolute Gasteiger partial charge is 0.192 e. The number of benzene rings is 1. The van der Waals surface area contributed by atoms with E-state index in [1.807, 2.05) is 12.1 Å². The molecular formula is C15H14N2O2S2. The molecule has 0 atom stereocenters. The summed E-state index contributed by atoms with van der Waals surface area (Å²) in [5, 5.41) is 6.74. The molecule has 0 fully saturated rings. The number of fused-ring (bicyclic) bond motifs is 1. The first-order valence-corrected chi connectivity index (χ1v) is 9.16. The second kappa shape index (κ2) is 5.46. The van der Waals surface area contributed by atoms with E-state index in [1.54, 1.807) is 23.6 Å². The molecule has 0 aliphatic carbocycles. The zero-order chi connectivity index (χ0) is 14.9. The van der Waals surface area contributed by atoms with E-state index in [9.17, 15) is 8.42 Å². The van der Waals surface area contributed by atoms with E-state index in [0.717, 1.165) is 11.9 Å². The maximum Gasteiger partial charge on any atom is 0.192 e. The number of nitrogens with one attached hydrogen (secondary N) is 1. The van der Waals surface area contributed by atoms with E-state index in [1.165, 1.54) is 21.7 Å². The minimum Gasteiger partial charge on any atom is -0.380 e. The number of rotatable bonds is 4. The average Bonchev–Trinajstić information content (AvgIpc) is 2.88. The zero-order valence-electron chi connectivity index (χ0n) is 11.4. The van der Waals surface area contributed by atoms with E-state index in [0.29, 0.717) is 6.54 Å². The molecule has 0 unspecified atom stereocenters. The highest BCUT2D eigenvalue weighted by Crippen LogP contribution is 2.26. The Morgan fingerprint density at radius 3 is 2.71 bits per heavy atom. The summed E-state index contributed by atoms with van der Waals surface area (Å²) in [6.07, 6.45) is 2.70. The molecule has 108 valence electrons. The Labute approximate surface area is 127 Å². The molecule has 1 aromatic carbocycles. The van der Waals surface area contributed by atoms with Gasteiger partial charge in [-0.2, -0.15) is 0 Å². The first-order valence-electron chi connectivity index (χ1n) is 6.39. The number of sulfone groups is 1. The van der Waals surface area contributed by atoms with Crippen LogP contribution in [-0.2, 0) is 16.4 Å². The molecule has 0 amide bonds. The minimum absolute atomic E-state index is 0.0917. The van der Waals surface area contributed by atoms with Crippen LogP contribution < -0.4 is 5.32 Å². The molecule has 0 bridgehead atoms. The van der Waals surface area contributed by atoms with Gasteiger partial charge in [0.2, 0.25) is 0 Å². The molecule has 1 N–H and O–H groups in total. The maximum absolute atomic E-state index is 11.4. The number of aromatic nitrogens is 1. The summed E-state index contributed by atoms with van der Waals surface area (Å²) in [6, 6.07) is 11.5. The molecule has 0 aliphatic rings. The van der Waals surface area contributed by atoms with Gasteiger partial charge in [0.1, 0.15) is 0 Å². The Kier molecular flexibility index (Phi) is 3.65. The van der Waals surface area contributed by atoms with Gasteiger partial charge in [-0.15, -0.1) is 11.3 Å². The lowest BCUT2D eigenvalue weighted by Crippen LogP contribution is -2.03. The molecule has 0 aliphatic heterocycles. The largest absolute Gasteiger partial charge is 0.380 e. The molecule has 21 heavy (non-hydrogen) atoms. The molecule has 0 saturated carbocycles. The molecule has 0 saturated heterocycles. The van der Waals surface area contributed by atoms with Gasteiger partial charge in [0.25, 0.3) is 0 Å². The van der Waals surface area contributed by atoms with Crippen molar-refractivity contribution in [2.75, 3.05) is 11.6 Å². The van der Waals surface area contributed by atoms with Crippen LogP contribution in [0.1, 0.15) is 5.56 Å². The minimum atomic E-state index is -3.24. The highest BCUT2D eigenvalue weighted by molar-refractivity contribution is 7.90. The predicted octanol–water partition coefficient (Wildman–Crippen LogP) is 3.31. The van der Waals surface area contributed by atoms with Crippen molar-refractivity contribution in [3.05, 3.63) is 53.5 Å². The van der Waals surface area contributed by atoms with Gasteiger partial charge in [0.15, 0.2) is 14.9 Å². The van der Waals surface area contributed by atoms with Crippen molar-refractivity contribution >= 4 is 36.9 Å². The van der Waals surface area contributed by atoms with Gasteiger partial charge in [0, 0.05) is 17.5 Å². The van der Waals surface area contributed by atoms with Gasteiger partial charge in [-0.1, -0.05) is 18.2 Å². The number of hydrogen-bond donors (Lipinski definition) is 1. The lowest BCUT2D eigenvalue weighted by Gasteiger charge is -2.06. The average molecular weight is 318 g/mol. The number of hydrogen-bond acceptors (Lipinski definition) is 5. The van der Waals surface area contributed by atoms with Crippen molar-refractivity contribution in [3.63, 3.8) is 0 Å². The third-order valence-corrected chi connectivity index (χ3v) is 5.17. The Morgan fingerprint density at radius 2 is 2.00 bits per heavy atom. The number of pyridine rings is 1. The number of anilines is 1. The monoisotopic (exact) mass is 318 g/mol. The molecule has 2 aromatic heterocycles. The summed E-state index contributed by atoms with van der Waals surface area (Å²) in [4.78, 5) is 3.96. The maximum atomic E-state index is 11.4. The van der Waals surface area contributed by atoms with E-state index >= 15 is 0 Å². The van der Waals surface area contributed by atoms with E-state index < -0.39 is 9.84 Å². The SMILES string of the molecule is CS(=O)(=O)c1ccc(NCc2csc3ccccc23)cn1. The first-order chi connectivity index (χ1) is 10.0. The fourth-order valence-corrected chi connectivity index (χ4v) is 3.59. The van der Waals surface area contributed by atoms with Crippen molar-refractivity contribution in [1.82, 2.24) is 4.98 Å². The number of thiophene rings is 1. The Hall–Kier alpha value is -1.92. The van der Waals surface area contributed by atoms with Crippen molar-refractivity contribution in [2.45, 2.75) is 11.6 Å². The first kappa shape index (κ1) is 14.0. The van der Waals surface area contributed by atoms with Gasteiger partial charge >= 0.3 is 0 Å². The van der Waals surface area contributed by atoms with Crippen LogP contribution in [-0.4, -0.2) is 19.7 Å². The molecule has 6 heteroatoms. The summed E-state index contributed by atoms with van der Waals surface area (Å²) >= 11 is 1.72. The summed E-state index contributed by atoms with van der Waals surface area (Å²) in [6.45, 7) is 0.684. The van der Waals surface area contributed by atoms with Gasteiger partial charge < -0.3 is 5.32 Å². The third-order valence-electron chi connectivity index (χ3n) is 3.16. The van der Waals surface area contributed by atoms with E-state index in [4.69, 9.17) is 0 Å². The fourth-order valence-electron chi connectivity index (χ4n) is 2.07. The van der Waals surface area contributed by atoms with Crippen molar-refractivity contribution in [2.24, 2.45) is 0 Å². The predicted molar refractivity (Wildman–Crippen MR) is 86.5 cm³/mol. The van der Waals surface area contributed by atoms with Crippen LogP contribution >= 0.6 is 11.3 Å². The van der Waals surface area contributed by atoms with Crippen molar-refractivity contribution in [3.8, 4) is 0 Å². The molecule has 3 aromatic rings. The fraction of sp³-hybridized carbons (Fsp3) is 0.133. The highest BCUT2D eigenvalue weighted by Gasteiger charge is 2.08. The standard InChI is InChI=1S/C15H14N2O2S2/c1-21(18,19)15-7-6-12(9-17-15)16-8-11-10-20-14-5-3-2-4-13(11)14/h2-7,9-10,16H,8H2,1H3. The topological polar surface area (TPSA) is 59.1 Å². The highest BCUT2D eigenvalue weighted by atomic mass is 32.2. The van der Waals surface area contributed by atoms with Crippen molar-refractivity contribution < 1.29 is 8.42 Å². The van der Waals surface area contributed by atoms with Gasteiger partial charge in [-0.25, -0.2) is 13.4 Å². The lowest BCUT2D eigenvalue weighted by molar-refractivity contribution is 0.598. The van der Waals surface area contributed by atoms with E-state index in [-0.39, 0.29) is 5.03 Å². The quantitative estimate of drug-likeness (QED) is 0.802. The molecule has 0 radical (unpaired) electrons. The second-order valence-electron chi connectivity index (χ2n) is 4.77. The van der Waals surface area contributed by atoms with Crippen LogP contribution in [0.25, 0.3) is 10.1 Å². The van der Waals surface area contributed by atoms with Gasteiger partial charge in [-0.3, -0.25) is 0 Å². The summed E-state index contributed by atoms with van der Waals surface area (Å²) in [5.74, 6) is 0. The van der Waals surface area contributed by atoms with Crippen LogP contribution in [0.4, 0.5) is 5.69 Å².